The molecule has 1 aromatic carbocycles. The lowest BCUT2D eigenvalue weighted by atomic mass is 10.0. The van der Waals surface area contributed by atoms with Crippen LogP contribution in [0.4, 0.5) is 18.2 Å². The van der Waals surface area contributed by atoms with Gasteiger partial charge in [0.05, 0.1) is 22.2 Å². The topological polar surface area (TPSA) is 129 Å². The van der Waals surface area contributed by atoms with Crippen molar-refractivity contribution in [2.45, 2.75) is 46.9 Å². The molecule has 0 spiro atoms. The number of benzene rings is 1. The molecule has 0 fully saturated rings. The Balaban J connectivity index is 1.78. The summed E-state index contributed by atoms with van der Waals surface area (Å²) < 4.78 is 47.8. The summed E-state index contributed by atoms with van der Waals surface area (Å²) in [6.07, 6.45) is -5.29. The van der Waals surface area contributed by atoms with Gasteiger partial charge in [0, 0.05) is 11.6 Å². The van der Waals surface area contributed by atoms with Crippen LogP contribution in [0.2, 0.25) is 0 Å². The number of nitrogens with zero attached hydrogens (tertiary/aromatic N) is 3. The number of carbonyl (C=O) groups is 3. The molecule has 3 heterocycles. The number of rotatable bonds is 6. The zero-order chi connectivity index (χ0) is 28.8. The molecule has 0 saturated heterocycles. The number of fused-ring (bicyclic) bond motifs is 1. The Morgan fingerprint density at radius 3 is 2.36 bits per heavy atom. The minimum Gasteiger partial charge on any atom is -0.459 e. The Kier molecular flexibility index (Phi) is 7.21. The van der Waals surface area contributed by atoms with Crippen molar-refractivity contribution in [2.75, 3.05) is 5.32 Å². The third kappa shape index (κ3) is 5.48. The second-order valence-electron chi connectivity index (χ2n) is 9.16. The normalized spacial score (nSPS) is 11.7. The number of alkyl halides is 3. The van der Waals surface area contributed by atoms with Gasteiger partial charge >= 0.3 is 12.1 Å². The van der Waals surface area contributed by atoms with E-state index in [1.165, 1.54) is 6.92 Å². The molecule has 0 saturated carbocycles. The minimum absolute atomic E-state index is 0.0232. The first kappa shape index (κ1) is 27.8. The highest BCUT2D eigenvalue weighted by Gasteiger charge is 2.36. The number of hydrogen-bond acceptors (Lipinski definition) is 7. The van der Waals surface area contributed by atoms with Crippen LogP contribution >= 0.6 is 11.3 Å². The first-order valence-corrected chi connectivity index (χ1v) is 12.5. The van der Waals surface area contributed by atoms with Gasteiger partial charge in [-0.05, 0) is 63.4 Å². The summed E-state index contributed by atoms with van der Waals surface area (Å²) >= 11 is 0.752. The molecule has 0 aliphatic heterocycles. The maximum atomic E-state index is 14.0. The number of anilines is 1. The van der Waals surface area contributed by atoms with Gasteiger partial charge in [-0.25, -0.2) is 14.3 Å². The van der Waals surface area contributed by atoms with Crippen LogP contribution in [0.25, 0.3) is 16.9 Å². The van der Waals surface area contributed by atoms with Crippen LogP contribution in [0.1, 0.15) is 66.7 Å². The molecule has 0 unspecified atom stereocenters. The van der Waals surface area contributed by atoms with Gasteiger partial charge < -0.3 is 15.8 Å². The third-order valence-electron chi connectivity index (χ3n) is 5.90. The molecule has 4 aromatic rings. The molecule has 39 heavy (non-hydrogen) atoms. The number of carbonyl (C=O) groups excluding carboxylic acids is 3. The predicted octanol–water partition coefficient (Wildman–Crippen LogP) is 5.32. The molecule has 0 radical (unpaired) electrons. The molecule has 0 bridgehead atoms. The van der Waals surface area contributed by atoms with E-state index < -0.39 is 35.8 Å². The van der Waals surface area contributed by atoms with Gasteiger partial charge in [0.15, 0.2) is 17.0 Å². The summed E-state index contributed by atoms with van der Waals surface area (Å²) in [7, 11) is 0. The maximum Gasteiger partial charge on any atom is 0.433 e. The van der Waals surface area contributed by atoms with E-state index in [-0.39, 0.29) is 38.0 Å². The van der Waals surface area contributed by atoms with E-state index in [1.807, 2.05) is 13.8 Å². The van der Waals surface area contributed by atoms with E-state index in [2.05, 4.69) is 15.4 Å². The highest BCUT2D eigenvalue weighted by atomic mass is 32.1. The fourth-order valence-corrected chi connectivity index (χ4v) is 4.90. The van der Waals surface area contributed by atoms with E-state index in [0.29, 0.717) is 10.1 Å². The van der Waals surface area contributed by atoms with Crippen molar-refractivity contribution < 1.29 is 32.3 Å². The Morgan fingerprint density at radius 2 is 1.77 bits per heavy atom. The fraction of sp³-hybridized carbons (Fsp3) is 0.269. The van der Waals surface area contributed by atoms with Gasteiger partial charge in [-0.1, -0.05) is 12.1 Å². The maximum absolute atomic E-state index is 14.0. The first-order valence-electron chi connectivity index (χ1n) is 11.7. The van der Waals surface area contributed by atoms with Crippen molar-refractivity contribution in [3.8, 4) is 11.3 Å². The van der Waals surface area contributed by atoms with Crippen LogP contribution in [0, 0.1) is 20.8 Å². The summed E-state index contributed by atoms with van der Waals surface area (Å²) in [6, 6.07) is 7.15. The van der Waals surface area contributed by atoms with Gasteiger partial charge in [0.25, 0.3) is 11.8 Å². The van der Waals surface area contributed by atoms with Crippen molar-refractivity contribution in [1.82, 2.24) is 14.6 Å². The summed E-state index contributed by atoms with van der Waals surface area (Å²) in [4.78, 5) is 42.0. The Bertz CT molecular complexity index is 1640. The van der Waals surface area contributed by atoms with Crippen molar-refractivity contribution in [3.05, 3.63) is 68.9 Å². The highest BCUT2D eigenvalue weighted by Crippen LogP contribution is 2.35. The second-order valence-corrected chi connectivity index (χ2v) is 10.2. The average molecular weight is 560 g/mol. The SMILES string of the molecule is Cc1ccc(-c2cc(C(F)(F)F)n3nc(C(=O)Nc4sc(C(N)=O)c(C)c4C(=O)OC(C)C)cc3n2)cc1C. The molecule has 3 N–H and O–H groups in total. The van der Waals surface area contributed by atoms with Crippen LogP contribution in [0.15, 0.2) is 30.3 Å². The molecule has 3 aromatic heterocycles. The van der Waals surface area contributed by atoms with Gasteiger partial charge in [-0.3, -0.25) is 9.59 Å². The first-order chi connectivity index (χ1) is 18.2. The number of amides is 2. The van der Waals surface area contributed by atoms with Crippen molar-refractivity contribution in [2.24, 2.45) is 5.73 Å². The van der Waals surface area contributed by atoms with Crippen molar-refractivity contribution in [3.63, 3.8) is 0 Å². The van der Waals surface area contributed by atoms with E-state index in [1.54, 1.807) is 32.0 Å². The molecule has 9 nitrogen and oxygen atoms in total. The molecule has 4 rings (SSSR count). The molecule has 2 amide bonds. The lowest BCUT2D eigenvalue weighted by Gasteiger charge is -2.11. The van der Waals surface area contributed by atoms with Crippen LogP contribution in [-0.4, -0.2) is 38.5 Å². The summed E-state index contributed by atoms with van der Waals surface area (Å²) in [6.45, 7) is 8.45. The molecular formula is C26H24F3N5O4S. The van der Waals surface area contributed by atoms with Gasteiger partial charge in [-0.2, -0.15) is 18.3 Å². The smallest absolute Gasteiger partial charge is 0.433 e. The second kappa shape index (κ2) is 10.1. The largest absolute Gasteiger partial charge is 0.459 e. The fourth-order valence-electron chi connectivity index (χ4n) is 3.86. The summed E-state index contributed by atoms with van der Waals surface area (Å²) in [5, 5.41) is 6.26. The molecule has 0 aliphatic rings. The van der Waals surface area contributed by atoms with Gasteiger partial charge in [-0.15, -0.1) is 11.3 Å². The number of thiophene rings is 1. The molecule has 13 heteroatoms. The molecule has 204 valence electrons. The van der Waals surface area contributed by atoms with E-state index in [9.17, 15) is 27.6 Å². The lowest BCUT2D eigenvalue weighted by molar-refractivity contribution is -0.142. The number of primary amides is 1. The lowest BCUT2D eigenvalue weighted by Crippen LogP contribution is -2.18. The quantitative estimate of drug-likeness (QED) is 0.308. The zero-order valence-electron chi connectivity index (χ0n) is 21.6. The predicted molar refractivity (Wildman–Crippen MR) is 139 cm³/mol. The van der Waals surface area contributed by atoms with Gasteiger partial charge in [0.1, 0.15) is 5.00 Å². The van der Waals surface area contributed by atoms with E-state index in [0.717, 1.165) is 34.6 Å². The van der Waals surface area contributed by atoms with Crippen LogP contribution in [0.3, 0.4) is 0 Å². The van der Waals surface area contributed by atoms with Crippen LogP contribution in [0.5, 0.6) is 0 Å². The number of esters is 1. The monoisotopic (exact) mass is 559 g/mol. The third-order valence-corrected chi connectivity index (χ3v) is 7.12. The summed E-state index contributed by atoms with van der Waals surface area (Å²) in [5.74, 6) is -2.53. The van der Waals surface area contributed by atoms with Crippen molar-refractivity contribution >= 4 is 39.8 Å². The van der Waals surface area contributed by atoms with E-state index >= 15 is 0 Å². The molecule has 0 atom stereocenters. The molecular weight excluding hydrogens is 535 g/mol. The highest BCUT2D eigenvalue weighted by molar-refractivity contribution is 7.18. The number of nitrogens with one attached hydrogen (secondary N) is 1. The van der Waals surface area contributed by atoms with Gasteiger partial charge in [0.2, 0.25) is 0 Å². The zero-order valence-corrected chi connectivity index (χ0v) is 22.4. The van der Waals surface area contributed by atoms with E-state index in [4.69, 9.17) is 10.5 Å². The Morgan fingerprint density at radius 1 is 1.08 bits per heavy atom. The number of halogens is 3. The molecule has 0 aliphatic carbocycles. The Hall–Kier alpha value is -4.26. The number of aromatic nitrogens is 3. The average Bonchev–Trinajstić information content (AvgIpc) is 3.40. The van der Waals surface area contributed by atoms with Crippen molar-refractivity contribution in [1.29, 1.82) is 0 Å². The standard InChI is InChI=1S/C26H24F3N5O4S/c1-11(2)38-25(37)20-14(5)21(22(30)35)39-24(20)32-23(36)17-10-19-31-16(15-7-6-12(3)13(4)8-15)9-18(26(27,28)29)34(19)33-17/h6-11H,1-5H3,(H2,30,35)(H,32,36). The van der Waals surface area contributed by atoms with Crippen LogP contribution in [-0.2, 0) is 10.9 Å². The Labute approximate surface area is 224 Å². The number of hydrogen-bond donors (Lipinski definition) is 2. The summed E-state index contributed by atoms with van der Waals surface area (Å²) in [5.41, 5.74) is 6.20. The number of aryl methyl sites for hydroxylation is 2. The number of ether oxygens (including phenoxy) is 1. The minimum atomic E-state index is -4.80. The van der Waals surface area contributed by atoms with Crippen LogP contribution < -0.4 is 11.1 Å². The number of nitrogens with two attached hydrogens (primary N) is 1.